The maximum absolute atomic E-state index is 11.7. The number of rotatable bonds is 5. The van der Waals surface area contributed by atoms with Gasteiger partial charge in [-0.15, -0.1) is 0 Å². The molecule has 7 heteroatoms. The largest absolute Gasteiger partial charge is 0.493 e. The summed E-state index contributed by atoms with van der Waals surface area (Å²) in [5.41, 5.74) is 9.42. The second-order valence-electron chi connectivity index (χ2n) is 6.07. The van der Waals surface area contributed by atoms with E-state index in [1.165, 1.54) is 7.11 Å². The van der Waals surface area contributed by atoms with Gasteiger partial charge < -0.3 is 19.9 Å². The topological polar surface area (TPSA) is 107 Å². The lowest BCUT2D eigenvalue weighted by Gasteiger charge is -2.13. The predicted octanol–water partition coefficient (Wildman–Crippen LogP) is 3.67. The molecule has 0 aliphatic rings. The minimum absolute atomic E-state index is 0.117. The fraction of sp³-hybridized carbons (Fsp3) is 0.136. The van der Waals surface area contributed by atoms with Crippen LogP contribution in [0.25, 0.3) is 22.4 Å². The number of nitriles is 1. The lowest BCUT2D eigenvalue weighted by Crippen LogP contribution is -2.02. The van der Waals surface area contributed by atoms with E-state index >= 15 is 0 Å². The van der Waals surface area contributed by atoms with Gasteiger partial charge in [-0.25, -0.2) is 9.78 Å². The molecule has 7 nitrogen and oxygen atoms in total. The van der Waals surface area contributed by atoms with Gasteiger partial charge in [0, 0.05) is 11.1 Å². The number of ether oxygens (including phenoxy) is 3. The van der Waals surface area contributed by atoms with Crippen LogP contribution in [-0.4, -0.2) is 32.3 Å². The molecule has 0 radical (unpaired) electrons. The van der Waals surface area contributed by atoms with Crippen LogP contribution in [0, 0.1) is 11.3 Å². The normalized spacial score (nSPS) is 10.1. The molecule has 2 N–H and O–H groups in total. The third-order valence-electron chi connectivity index (χ3n) is 4.46. The second-order valence-corrected chi connectivity index (χ2v) is 6.07. The summed E-state index contributed by atoms with van der Waals surface area (Å²) in [7, 11) is 4.44. The van der Waals surface area contributed by atoms with Crippen LogP contribution in [0.15, 0.2) is 48.5 Å². The van der Waals surface area contributed by atoms with Gasteiger partial charge in [0.2, 0.25) is 0 Å². The Kier molecular flexibility index (Phi) is 5.65. The van der Waals surface area contributed by atoms with Crippen molar-refractivity contribution in [1.82, 2.24) is 4.98 Å². The van der Waals surface area contributed by atoms with Crippen molar-refractivity contribution in [2.45, 2.75) is 0 Å². The van der Waals surface area contributed by atoms with E-state index in [4.69, 9.17) is 19.9 Å². The van der Waals surface area contributed by atoms with Crippen LogP contribution >= 0.6 is 0 Å². The van der Waals surface area contributed by atoms with Gasteiger partial charge in [-0.2, -0.15) is 5.26 Å². The van der Waals surface area contributed by atoms with E-state index in [9.17, 15) is 10.1 Å². The molecular formula is C22H19N3O4. The van der Waals surface area contributed by atoms with Crippen molar-refractivity contribution in [1.29, 1.82) is 5.26 Å². The summed E-state index contributed by atoms with van der Waals surface area (Å²) in [6, 6.07) is 16.0. The molecule has 0 aliphatic carbocycles. The predicted molar refractivity (Wildman–Crippen MR) is 109 cm³/mol. The quantitative estimate of drug-likeness (QED) is 0.663. The molecule has 0 amide bonds. The summed E-state index contributed by atoms with van der Waals surface area (Å²) in [5.74, 6) is 0.833. The zero-order valence-corrected chi connectivity index (χ0v) is 16.2. The van der Waals surface area contributed by atoms with Gasteiger partial charge in [0.25, 0.3) is 0 Å². The number of carbonyl (C=O) groups excluding carboxylic acids is 1. The zero-order valence-electron chi connectivity index (χ0n) is 16.2. The number of esters is 1. The maximum Gasteiger partial charge on any atom is 0.337 e. The van der Waals surface area contributed by atoms with Crippen LogP contribution < -0.4 is 15.2 Å². The molecule has 0 bridgehead atoms. The molecule has 3 aromatic rings. The van der Waals surface area contributed by atoms with E-state index in [0.717, 1.165) is 11.1 Å². The average Bonchev–Trinajstić information content (AvgIpc) is 2.77. The fourth-order valence-corrected chi connectivity index (χ4v) is 2.96. The number of nitrogen functional groups attached to an aromatic ring is 1. The van der Waals surface area contributed by atoms with Gasteiger partial charge in [0.1, 0.15) is 17.5 Å². The highest BCUT2D eigenvalue weighted by Gasteiger charge is 2.15. The molecule has 1 aromatic heterocycles. The highest BCUT2D eigenvalue weighted by Crippen LogP contribution is 2.35. The number of methoxy groups -OCH3 is 3. The summed E-state index contributed by atoms with van der Waals surface area (Å²) in [6.07, 6.45) is 0. The third-order valence-corrected chi connectivity index (χ3v) is 4.46. The first-order valence-corrected chi connectivity index (χ1v) is 8.64. The van der Waals surface area contributed by atoms with E-state index in [1.54, 1.807) is 56.7 Å². The number of anilines is 1. The van der Waals surface area contributed by atoms with Crippen molar-refractivity contribution in [3.63, 3.8) is 0 Å². The second kappa shape index (κ2) is 8.31. The molecule has 29 heavy (non-hydrogen) atoms. The highest BCUT2D eigenvalue weighted by atomic mass is 16.5. The van der Waals surface area contributed by atoms with Crippen molar-refractivity contribution < 1.29 is 19.0 Å². The Morgan fingerprint density at radius 1 is 0.966 bits per heavy atom. The number of hydrogen-bond donors (Lipinski definition) is 1. The molecule has 0 unspecified atom stereocenters. The fourth-order valence-electron chi connectivity index (χ4n) is 2.96. The van der Waals surface area contributed by atoms with Crippen LogP contribution in [0.5, 0.6) is 11.5 Å². The first-order chi connectivity index (χ1) is 14.0. The Morgan fingerprint density at radius 2 is 1.62 bits per heavy atom. The third kappa shape index (κ3) is 3.82. The molecule has 0 saturated carbocycles. The van der Waals surface area contributed by atoms with Crippen LogP contribution in [0.2, 0.25) is 0 Å². The number of pyridine rings is 1. The summed E-state index contributed by atoms with van der Waals surface area (Å²) < 4.78 is 15.3. The summed E-state index contributed by atoms with van der Waals surface area (Å²) in [4.78, 5) is 16.0. The lowest BCUT2D eigenvalue weighted by molar-refractivity contribution is 0.0601. The number of nitrogens with zero attached hydrogens (tertiary/aromatic N) is 2. The molecule has 0 atom stereocenters. The molecular weight excluding hydrogens is 370 g/mol. The van der Waals surface area contributed by atoms with Crippen molar-refractivity contribution in [2.75, 3.05) is 27.1 Å². The van der Waals surface area contributed by atoms with E-state index in [2.05, 4.69) is 11.1 Å². The Labute approximate surface area is 168 Å². The Morgan fingerprint density at radius 3 is 2.21 bits per heavy atom. The van der Waals surface area contributed by atoms with Gasteiger partial charge in [-0.1, -0.05) is 12.1 Å². The first kappa shape index (κ1) is 19.7. The maximum atomic E-state index is 11.7. The van der Waals surface area contributed by atoms with Crippen LogP contribution in [-0.2, 0) is 4.74 Å². The summed E-state index contributed by atoms with van der Waals surface area (Å²) in [5, 5.41) is 9.57. The van der Waals surface area contributed by atoms with Gasteiger partial charge >= 0.3 is 5.97 Å². The average molecular weight is 389 g/mol. The number of nitrogens with two attached hydrogens (primary N) is 1. The van der Waals surface area contributed by atoms with E-state index in [-0.39, 0.29) is 11.4 Å². The van der Waals surface area contributed by atoms with Crippen molar-refractivity contribution >= 4 is 11.8 Å². The van der Waals surface area contributed by atoms with E-state index in [0.29, 0.717) is 28.3 Å². The Hall–Kier alpha value is -4.05. The molecule has 0 aliphatic heterocycles. The highest BCUT2D eigenvalue weighted by molar-refractivity contribution is 5.90. The molecule has 0 fully saturated rings. The van der Waals surface area contributed by atoms with E-state index in [1.807, 2.05) is 6.07 Å². The number of carbonyl (C=O) groups is 1. The molecule has 146 valence electrons. The van der Waals surface area contributed by atoms with Gasteiger partial charge in [0.05, 0.1) is 32.6 Å². The monoisotopic (exact) mass is 389 g/mol. The number of benzene rings is 2. The number of hydrogen-bond acceptors (Lipinski definition) is 7. The SMILES string of the molecule is COC(=O)c1ccc(-c2cc(-c3ccc(OC)c(OC)c3)nc(N)c2C#N)cc1. The zero-order chi connectivity index (χ0) is 21.0. The lowest BCUT2D eigenvalue weighted by atomic mass is 9.97. The van der Waals surface area contributed by atoms with Crippen LogP contribution in [0.4, 0.5) is 5.82 Å². The Balaban J connectivity index is 2.13. The standard InChI is InChI=1S/C22H19N3O4/c1-27-19-9-8-15(10-20(19)28-2)18-11-16(17(12-23)21(24)25-18)13-4-6-14(7-5-13)22(26)29-3/h4-11H,1-3H3,(H2,24,25). The molecule has 0 spiro atoms. The molecule has 1 heterocycles. The Bertz CT molecular complexity index is 1100. The van der Waals surface area contributed by atoms with Crippen molar-refractivity contribution in [2.24, 2.45) is 0 Å². The smallest absolute Gasteiger partial charge is 0.337 e. The van der Waals surface area contributed by atoms with E-state index < -0.39 is 5.97 Å². The summed E-state index contributed by atoms with van der Waals surface area (Å²) in [6.45, 7) is 0. The van der Waals surface area contributed by atoms with Crippen LogP contribution in [0.3, 0.4) is 0 Å². The van der Waals surface area contributed by atoms with Gasteiger partial charge in [0.15, 0.2) is 11.5 Å². The van der Waals surface area contributed by atoms with Gasteiger partial charge in [-0.3, -0.25) is 0 Å². The molecule has 3 rings (SSSR count). The van der Waals surface area contributed by atoms with Crippen molar-refractivity contribution in [3.8, 4) is 40.0 Å². The summed E-state index contributed by atoms with van der Waals surface area (Å²) >= 11 is 0. The van der Waals surface area contributed by atoms with Gasteiger partial charge in [-0.05, 0) is 42.0 Å². The van der Waals surface area contributed by atoms with Crippen molar-refractivity contribution in [3.05, 3.63) is 59.7 Å². The molecule has 0 saturated heterocycles. The molecule has 2 aromatic carbocycles. The van der Waals surface area contributed by atoms with Crippen LogP contribution in [0.1, 0.15) is 15.9 Å². The first-order valence-electron chi connectivity index (χ1n) is 8.64. The minimum atomic E-state index is -0.433. The minimum Gasteiger partial charge on any atom is -0.493 e. The number of aromatic nitrogens is 1.